The van der Waals surface area contributed by atoms with Gasteiger partial charge in [0.05, 0.1) is 0 Å². The van der Waals surface area contributed by atoms with Crippen LogP contribution in [-0.4, -0.2) is 72.5 Å². The summed E-state index contributed by atoms with van der Waals surface area (Å²) >= 11 is 0. The van der Waals surface area contributed by atoms with E-state index in [-0.39, 0.29) is 5.91 Å². The summed E-state index contributed by atoms with van der Waals surface area (Å²) in [7, 11) is 0. The Morgan fingerprint density at radius 3 is 2.52 bits per heavy atom. The summed E-state index contributed by atoms with van der Waals surface area (Å²) in [5, 5.41) is 0. The number of carbonyl (C=O) groups is 1. The molecule has 5 nitrogen and oxygen atoms in total. The third kappa shape index (κ3) is 3.74. The van der Waals surface area contributed by atoms with Crippen LogP contribution in [0, 0.1) is 0 Å². The molecule has 3 rings (SSSR count). The molecule has 0 aromatic heterocycles. The van der Waals surface area contributed by atoms with Gasteiger partial charge in [0, 0.05) is 45.3 Å². The summed E-state index contributed by atoms with van der Waals surface area (Å²) in [4.78, 5) is 19.6. The van der Waals surface area contributed by atoms with Crippen LogP contribution in [0.4, 0.5) is 0 Å². The Morgan fingerprint density at radius 1 is 1.17 bits per heavy atom. The van der Waals surface area contributed by atoms with E-state index in [0.717, 1.165) is 57.8 Å². The molecule has 2 fully saturated rings. The zero-order valence-electron chi connectivity index (χ0n) is 14.0. The molecule has 2 N–H and O–H groups in total. The number of benzene rings is 1. The van der Waals surface area contributed by atoms with Gasteiger partial charge in [-0.15, -0.1) is 0 Å². The lowest BCUT2D eigenvalue weighted by Gasteiger charge is -2.37. The van der Waals surface area contributed by atoms with E-state index in [4.69, 9.17) is 5.73 Å². The first-order chi connectivity index (χ1) is 11.2. The molecule has 2 saturated heterocycles. The molecule has 0 saturated carbocycles. The molecule has 1 aromatic carbocycles. The largest absolute Gasteiger partial charge is 0.339 e. The van der Waals surface area contributed by atoms with E-state index in [1.54, 1.807) is 0 Å². The topological polar surface area (TPSA) is 52.8 Å². The second-order valence-electron chi connectivity index (χ2n) is 6.59. The van der Waals surface area contributed by atoms with Crippen molar-refractivity contribution in [1.29, 1.82) is 0 Å². The molecule has 2 heterocycles. The minimum absolute atomic E-state index is 0.0610. The Morgan fingerprint density at radius 2 is 1.87 bits per heavy atom. The lowest BCUT2D eigenvalue weighted by atomic mass is 10.1. The highest BCUT2D eigenvalue weighted by Gasteiger charge is 2.33. The minimum atomic E-state index is -0.535. The maximum absolute atomic E-state index is 12.6. The number of rotatable bonds is 4. The van der Waals surface area contributed by atoms with Crippen LogP contribution in [0.2, 0.25) is 0 Å². The van der Waals surface area contributed by atoms with E-state index in [1.165, 1.54) is 0 Å². The Labute approximate surface area is 139 Å². The van der Waals surface area contributed by atoms with Crippen molar-refractivity contribution in [2.45, 2.75) is 25.4 Å². The molecular weight excluding hydrogens is 288 g/mol. The number of nitrogens with zero attached hydrogens (tertiary/aromatic N) is 3. The molecule has 0 unspecified atom stereocenters. The number of hydrogen-bond donors (Lipinski definition) is 1. The highest BCUT2D eigenvalue weighted by Crippen LogP contribution is 2.21. The van der Waals surface area contributed by atoms with Crippen molar-refractivity contribution in [3.05, 3.63) is 35.9 Å². The van der Waals surface area contributed by atoms with Gasteiger partial charge in [-0.3, -0.25) is 9.69 Å². The molecule has 126 valence electrons. The van der Waals surface area contributed by atoms with Gasteiger partial charge in [-0.05, 0) is 18.5 Å². The molecule has 1 aromatic rings. The van der Waals surface area contributed by atoms with E-state index >= 15 is 0 Å². The van der Waals surface area contributed by atoms with Crippen molar-refractivity contribution in [2.24, 2.45) is 5.73 Å². The van der Waals surface area contributed by atoms with Crippen LogP contribution in [-0.2, 0) is 4.79 Å². The number of likely N-dealkylation sites (tertiary alicyclic amines) is 1. The predicted molar refractivity (Wildman–Crippen MR) is 92.0 cm³/mol. The van der Waals surface area contributed by atoms with Gasteiger partial charge in [-0.2, -0.15) is 0 Å². The van der Waals surface area contributed by atoms with Crippen LogP contribution in [0.25, 0.3) is 0 Å². The highest BCUT2D eigenvalue weighted by molar-refractivity contribution is 5.83. The van der Waals surface area contributed by atoms with E-state index in [2.05, 4.69) is 16.7 Å². The lowest BCUT2D eigenvalue weighted by Crippen LogP contribution is -2.51. The van der Waals surface area contributed by atoms with E-state index in [1.807, 2.05) is 35.2 Å². The first-order valence-corrected chi connectivity index (χ1v) is 8.74. The van der Waals surface area contributed by atoms with Crippen LogP contribution >= 0.6 is 0 Å². The normalized spacial score (nSPS) is 24.8. The molecule has 2 atom stereocenters. The van der Waals surface area contributed by atoms with Crippen LogP contribution in [0.3, 0.4) is 0 Å². The maximum atomic E-state index is 12.6. The van der Waals surface area contributed by atoms with E-state index in [9.17, 15) is 4.79 Å². The van der Waals surface area contributed by atoms with Crippen LogP contribution in [0.15, 0.2) is 30.3 Å². The fourth-order valence-corrected chi connectivity index (χ4v) is 3.68. The Balaban J connectivity index is 1.54. The number of carbonyl (C=O) groups excluding carboxylic acids is 1. The first kappa shape index (κ1) is 16.4. The van der Waals surface area contributed by atoms with Gasteiger partial charge < -0.3 is 15.5 Å². The van der Waals surface area contributed by atoms with Crippen LogP contribution in [0.1, 0.15) is 24.9 Å². The van der Waals surface area contributed by atoms with Gasteiger partial charge in [0.1, 0.15) is 6.04 Å². The van der Waals surface area contributed by atoms with Gasteiger partial charge in [0.15, 0.2) is 0 Å². The SMILES string of the molecule is CCN1CCN([C@@H]2CCN(C(=O)[C@H](N)c3ccccc3)C2)CC1. The lowest BCUT2D eigenvalue weighted by molar-refractivity contribution is -0.131. The summed E-state index contributed by atoms with van der Waals surface area (Å²) in [5.74, 6) is 0.0610. The molecule has 0 bridgehead atoms. The average Bonchev–Trinajstić information content (AvgIpc) is 3.11. The number of nitrogens with two attached hydrogens (primary N) is 1. The quantitative estimate of drug-likeness (QED) is 0.898. The Kier molecular flexibility index (Phi) is 5.30. The highest BCUT2D eigenvalue weighted by atomic mass is 16.2. The Hall–Kier alpha value is -1.43. The number of hydrogen-bond acceptors (Lipinski definition) is 4. The molecular formula is C18H28N4O. The third-order valence-electron chi connectivity index (χ3n) is 5.27. The van der Waals surface area contributed by atoms with Gasteiger partial charge in [0.25, 0.3) is 0 Å². The molecule has 0 spiro atoms. The third-order valence-corrected chi connectivity index (χ3v) is 5.27. The monoisotopic (exact) mass is 316 g/mol. The van der Waals surface area contributed by atoms with Crippen LogP contribution in [0.5, 0.6) is 0 Å². The number of piperazine rings is 1. The Bertz CT molecular complexity index is 513. The van der Waals surface area contributed by atoms with Gasteiger partial charge in [-0.25, -0.2) is 0 Å². The molecule has 2 aliphatic rings. The number of likely N-dealkylation sites (N-methyl/N-ethyl adjacent to an activating group) is 1. The predicted octanol–water partition coefficient (Wildman–Crippen LogP) is 0.925. The van der Waals surface area contributed by atoms with E-state index < -0.39 is 6.04 Å². The van der Waals surface area contributed by atoms with Crippen molar-refractivity contribution in [2.75, 3.05) is 45.8 Å². The molecule has 0 aliphatic carbocycles. The molecule has 23 heavy (non-hydrogen) atoms. The van der Waals surface area contributed by atoms with E-state index in [0.29, 0.717) is 6.04 Å². The molecule has 0 radical (unpaired) electrons. The summed E-state index contributed by atoms with van der Waals surface area (Å²) in [6.07, 6.45) is 1.07. The average molecular weight is 316 g/mol. The molecule has 1 amide bonds. The standard InChI is InChI=1S/C18H28N4O/c1-2-20-10-12-21(13-11-20)16-8-9-22(14-16)18(23)17(19)15-6-4-3-5-7-15/h3-7,16-17H,2,8-14,19H2,1H3/t16-,17-/m1/s1. The maximum Gasteiger partial charge on any atom is 0.244 e. The van der Waals surface area contributed by atoms with Crippen molar-refractivity contribution < 1.29 is 4.79 Å². The van der Waals surface area contributed by atoms with Crippen molar-refractivity contribution in [3.63, 3.8) is 0 Å². The summed E-state index contributed by atoms with van der Waals surface area (Å²) in [5.41, 5.74) is 7.07. The zero-order valence-corrected chi connectivity index (χ0v) is 14.0. The van der Waals surface area contributed by atoms with Crippen LogP contribution < -0.4 is 5.73 Å². The fourth-order valence-electron chi connectivity index (χ4n) is 3.68. The van der Waals surface area contributed by atoms with Gasteiger partial charge in [-0.1, -0.05) is 37.3 Å². The smallest absolute Gasteiger partial charge is 0.244 e. The summed E-state index contributed by atoms with van der Waals surface area (Å²) < 4.78 is 0. The summed E-state index contributed by atoms with van der Waals surface area (Å²) in [6, 6.07) is 9.64. The van der Waals surface area contributed by atoms with Crippen molar-refractivity contribution >= 4 is 5.91 Å². The second-order valence-corrected chi connectivity index (χ2v) is 6.59. The molecule has 2 aliphatic heterocycles. The zero-order chi connectivity index (χ0) is 16.2. The number of amides is 1. The second kappa shape index (κ2) is 7.43. The van der Waals surface area contributed by atoms with Gasteiger partial charge in [0.2, 0.25) is 5.91 Å². The summed E-state index contributed by atoms with van der Waals surface area (Å²) in [6.45, 7) is 9.53. The van der Waals surface area contributed by atoms with Crippen molar-refractivity contribution in [1.82, 2.24) is 14.7 Å². The van der Waals surface area contributed by atoms with Gasteiger partial charge >= 0.3 is 0 Å². The van der Waals surface area contributed by atoms with Crippen molar-refractivity contribution in [3.8, 4) is 0 Å². The molecule has 5 heteroatoms. The minimum Gasteiger partial charge on any atom is -0.339 e. The first-order valence-electron chi connectivity index (χ1n) is 8.74. The fraction of sp³-hybridized carbons (Fsp3) is 0.611.